The number of amides is 1. The van der Waals surface area contributed by atoms with Crippen molar-refractivity contribution in [2.45, 2.75) is 24.0 Å². The molecule has 0 spiro atoms. The smallest absolute Gasteiger partial charge is 0.365 e. The number of nitrogens with one attached hydrogen (secondary N) is 3. The van der Waals surface area contributed by atoms with E-state index in [4.69, 9.17) is 0 Å². The number of fused-ring (bicyclic) bond motifs is 1. The van der Waals surface area contributed by atoms with Crippen molar-refractivity contribution in [3.63, 3.8) is 0 Å². The third kappa shape index (κ3) is 4.88. The fourth-order valence-corrected chi connectivity index (χ4v) is 3.81. The van der Waals surface area contributed by atoms with Crippen LogP contribution in [-0.2, 0) is 34.7 Å². The summed E-state index contributed by atoms with van der Waals surface area (Å²) in [4.78, 5) is 19.9. The van der Waals surface area contributed by atoms with Crippen molar-refractivity contribution in [3.8, 4) is 0 Å². The number of halogens is 3. The van der Waals surface area contributed by atoms with Gasteiger partial charge in [0.2, 0.25) is 11.9 Å². The summed E-state index contributed by atoms with van der Waals surface area (Å²) in [5.74, 6) is -0.536. The number of anilines is 4. The Hall–Kier alpha value is -3.47. The van der Waals surface area contributed by atoms with Crippen LogP contribution in [0.25, 0.3) is 0 Å². The summed E-state index contributed by atoms with van der Waals surface area (Å²) in [7, 11) is -1.20. The zero-order valence-electron chi connectivity index (χ0n) is 16.8. The van der Waals surface area contributed by atoms with Gasteiger partial charge in [0, 0.05) is 46.1 Å². The number of hydrogen-bond donors (Lipinski definition) is 3. The first-order chi connectivity index (χ1) is 15.2. The minimum Gasteiger partial charge on any atom is -0.365 e. The normalized spacial score (nSPS) is 13.9. The highest BCUT2D eigenvalue weighted by atomic mass is 32.2. The highest BCUT2D eigenvalue weighted by Crippen LogP contribution is 2.34. The van der Waals surface area contributed by atoms with Crippen molar-refractivity contribution in [1.29, 1.82) is 0 Å². The average molecular weight is 461 g/mol. The van der Waals surface area contributed by atoms with Crippen LogP contribution in [-0.4, -0.2) is 26.3 Å². The predicted molar refractivity (Wildman–Crippen MR) is 115 cm³/mol. The van der Waals surface area contributed by atoms with E-state index in [9.17, 15) is 22.2 Å². The number of alkyl halides is 3. The first-order valence-corrected chi connectivity index (χ1v) is 11.0. The van der Waals surface area contributed by atoms with E-state index in [2.05, 4.69) is 25.9 Å². The van der Waals surface area contributed by atoms with Gasteiger partial charge in [0.25, 0.3) is 0 Å². The topological polar surface area (TPSA) is 96.0 Å². The fourth-order valence-electron chi connectivity index (χ4n) is 3.23. The van der Waals surface area contributed by atoms with Gasteiger partial charge in [-0.3, -0.25) is 9.00 Å². The second kappa shape index (κ2) is 8.58. The molecule has 1 unspecified atom stereocenters. The van der Waals surface area contributed by atoms with E-state index >= 15 is 0 Å². The molecule has 1 atom stereocenters. The summed E-state index contributed by atoms with van der Waals surface area (Å²) in [5, 5.41) is 8.29. The molecule has 32 heavy (non-hydrogen) atoms. The van der Waals surface area contributed by atoms with Crippen LogP contribution < -0.4 is 16.0 Å². The van der Waals surface area contributed by atoms with Gasteiger partial charge >= 0.3 is 6.18 Å². The van der Waals surface area contributed by atoms with Crippen molar-refractivity contribution >= 4 is 39.8 Å². The van der Waals surface area contributed by atoms with Gasteiger partial charge in [-0.2, -0.15) is 18.2 Å². The van der Waals surface area contributed by atoms with E-state index in [1.165, 1.54) is 6.26 Å². The molecule has 2 aromatic carbocycles. The number of nitrogens with zero attached hydrogens (tertiary/aromatic N) is 2. The summed E-state index contributed by atoms with van der Waals surface area (Å²) < 4.78 is 52.1. The first kappa shape index (κ1) is 21.8. The highest BCUT2D eigenvalue weighted by Gasteiger charge is 2.35. The van der Waals surface area contributed by atoms with E-state index in [1.54, 1.807) is 42.5 Å². The molecule has 1 aromatic heterocycles. The molecule has 7 nitrogen and oxygen atoms in total. The Morgan fingerprint density at radius 3 is 2.75 bits per heavy atom. The molecule has 0 aliphatic carbocycles. The van der Waals surface area contributed by atoms with E-state index < -0.39 is 22.5 Å². The third-order valence-electron chi connectivity index (χ3n) is 4.78. The Bertz CT molecular complexity index is 1220. The summed E-state index contributed by atoms with van der Waals surface area (Å²) >= 11 is 0. The maximum absolute atomic E-state index is 13.5. The van der Waals surface area contributed by atoms with Gasteiger partial charge in [-0.25, -0.2) is 4.98 Å². The van der Waals surface area contributed by atoms with Crippen molar-refractivity contribution in [2.24, 2.45) is 0 Å². The molecule has 0 bridgehead atoms. The molecule has 3 aromatic rings. The number of carbonyl (C=O) groups excluding carboxylic acids is 1. The third-order valence-corrected chi connectivity index (χ3v) is 5.69. The minimum atomic E-state index is -4.65. The van der Waals surface area contributed by atoms with E-state index in [0.717, 1.165) is 5.56 Å². The molecule has 4 rings (SSSR count). The molecule has 1 amide bonds. The van der Waals surface area contributed by atoms with Crippen LogP contribution in [0.15, 0.2) is 53.6 Å². The van der Waals surface area contributed by atoms with Crippen LogP contribution >= 0.6 is 0 Å². The zero-order valence-corrected chi connectivity index (χ0v) is 17.6. The van der Waals surface area contributed by atoms with Crippen LogP contribution in [0.5, 0.6) is 0 Å². The van der Waals surface area contributed by atoms with Crippen LogP contribution in [0.2, 0.25) is 0 Å². The van der Waals surface area contributed by atoms with Gasteiger partial charge in [-0.1, -0.05) is 18.2 Å². The lowest BCUT2D eigenvalue weighted by Crippen LogP contribution is -2.14. The second-order valence-electron chi connectivity index (χ2n) is 7.13. The fraction of sp³-hybridized carbons (Fsp3) is 0.190. The molecule has 3 N–H and O–H groups in total. The molecule has 0 saturated carbocycles. The van der Waals surface area contributed by atoms with Crippen LogP contribution in [0.1, 0.15) is 16.7 Å². The second-order valence-corrected chi connectivity index (χ2v) is 8.51. The summed E-state index contributed by atoms with van der Waals surface area (Å²) in [6, 6.07) is 11.9. The Morgan fingerprint density at radius 1 is 1.19 bits per heavy atom. The van der Waals surface area contributed by atoms with Crippen molar-refractivity contribution in [2.75, 3.05) is 22.2 Å². The number of carbonyl (C=O) groups is 1. The molecule has 166 valence electrons. The lowest BCUT2D eigenvalue weighted by molar-refractivity contribution is -0.137. The SMILES string of the molecule is CS(=O)c1cccc(CNc2nc(Nc3ccc4c(c3)NC(=O)C4)ncc2C(F)(F)F)c1. The van der Waals surface area contributed by atoms with Crippen molar-refractivity contribution in [3.05, 3.63) is 65.4 Å². The summed E-state index contributed by atoms with van der Waals surface area (Å²) in [5.41, 5.74) is 1.66. The predicted octanol–water partition coefficient (Wildman–Crippen LogP) is 4.08. The summed E-state index contributed by atoms with van der Waals surface area (Å²) in [6.07, 6.45) is -2.12. The molecule has 0 radical (unpaired) electrons. The molecule has 2 heterocycles. The van der Waals surface area contributed by atoms with Gasteiger partial charge in [0.15, 0.2) is 0 Å². The minimum absolute atomic E-state index is 0.0341. The lowest BCUT2D eigenvalue weighted by Gasteiger charge is -2.15. The molecule has 0 saturated heterocycles. The van der Waals surface area contributed by atoms with E-state index in [0.29, 0.717) is 28.0 Å². The average Bonchev–Trinajstić information content (AvgIpc) is 3.11. The van der Waals surface area contributed by atoms with Crippen LogP contribution in [0, 0.1) is 0 Å². The first-order valence-electron chi connectivity index (χ1n) is 9.49. The number of benzene rings is 2. The number of aromatic nitrogens is 2. The quantitative estimate of drug-likeness (QED) is 0.512. The Balaban J connectivity index is 1.57. The van der Waals surface area contributed by atoms with Crippen molar-refractivity contribution in [1.82, 2.24) is 9.97 Å². The van der Waals surface area contributed by atoms with E-state index in [-0.39, 0.29) is 30.6 Å². The molecular formula is C21H18F3N5O2S. The van der Waals surface area contributed by atoms with Gasteiger partial charge in [0.1, 0.15) is 11.4 Å². The van der Waals surface area contributed by atoms with E-state index in [1.807, 2.05) is 0 Å². The molecular weight excluding hydrogens is 443 g/mol. The maximum Gasteiger partial charge on any atom is 0.421 e. The molecule has 1 aliphatic heterocycles. The monoisotopic (exact) mass is 461 g/mol. The Labute approximate surface area is 183 Å². The number of hydrogen-bond acceptors (Lipinski definition) is 6. The van der Waals surface area contributed by atoms with Gasteiger partial charge in [-0.15, -0.1) is 0 Å². The van der Waals surface area contributed by atoms with Crippen LogP contribution in [0.3, 0.4) is 0 Å². The molecule has 1 aliphatic rings. The van der Waals surface area contributed by atoms with Crippen molar-refractivity contribution < 1.29 is 22.2 Å². The highest BCUT2D eigenvalue weighted by molar-refractivity contribution is 7.84. The lowest BCUT2D eigenvalue weighted by atomic mass is 10.1. The largest absolute Gasteiger partial charge is 0.421 e. The van der Waals surface area contributed by atoms with Gasteiger partial charge in [0.05, 0.1) is 6.42 Å². The number of rotatable bonds is 6. The van der Waals surface area contributed by atoms with Gasteiger partial charge < -0.3 is 16.0 Å². The zero-order chi connectivity index (χ0) is 22.9. The van der Waals surface area contributed by atoms with Gasteiger partial charge in [-0.05, 0) is 35.4 Å². The Kier molecular flexibility index (Phi) is 5.83. The van der Waals surface area contributed by atoms with Crippen LogP contribution in [0.4, 0.5) is 36.3 Å². The molecule has 0 fully saturated rings. The summed E-state index contributed by atoms with van der Waals surface area (Å²) in [6.45, 7) is 0.0510. The Morgan fingerprint density at radius 2 is 2.00 bits per heavy atom. The molecule has 11 heteroatoms. The standard InChI is InChI=1S/C21H18F3N5O2S/c1-32(31)15-4-2-3-12(7-15)10-25-19-16(21(22,23)24)11-26-20(29-19)27-14-6-5-13-8-18(30)28-17(13)9-14/h2-7,9,11H,8,10H2,1H3,(H,28,30)(H2,25,26,27,29). The maximum atomic E-state index is 13.5.